The van der Waals surface area contributed by atoms with Crippen molar-refractivity contribution in [2.24, 2.45) is 0 Å². The Morgan fingerprint density at radius 3 is 2.83 bits per heavy atom. The average Bonchev–Trinajstić information content (AvgIpc) is 2.54. The fraction of sp³-hybridized carbons (Fsp3) is 0.600. The number of ether oxygens (including phenoxy) is 1. The molecule has 1 atom stereocenters. The maximum absolute atomic E-state index is 5.58. The van der Waals surface area contributed by atoms with Crippen LogP contribution in [-0.2, 0) is 4.74 Å². The molecule has 2 heterocycles. The smallest absolute Gasteiger partial charge is 0.132 e. The lowest BCUT2D eigenvalue weighted by Crippen LogP contribution is -2.10. The summed E-state index contributed by atoms with van der Waals surface area (Å²) in [6, 6.07) is 4.01. The van der Waals surface area contributed by atoms with Crippen molar-refractivity contribution in [1.29, 1.82) is 0 Å². The quantitative estimate of drug-likeness (QED) is 0.640. The van der Waals surface area contributed by atoms with Crippen molar-refractivity contribution >= 4 is 0 Å². The first-order valence-electron chi connectivity index (χ1n) is 4.54. The summed E-state index contributed by atoms with van der Waals surface area (Å²) < 4.78 is 11.1. The molecule has 1 fully saturated rings. The SMILES string of the molecule is Cc1ccc([C@@H]2CCCCO2)o1. The van der Waals surface area contributed by atoms with Gasteiger partial charge < -0.3 is 9.15 Å². The lowest BCUT2D eigenvalue weighted by atomic mass is 10.1. The summed E-state index contributed by atoms with van der Waals surface area (Å²) in [4.78, 5) is 0. The second-order valence-corrected chi connectivity index (χ2v) is 3.30. The Bertz CT molecular complexity index is 246. The highest BCUT2D eigenvalue weighted by atomic mass is 16.5. The van der Waals surface area contributed by atoms with Crippen molar-refractivity contribution in [1.82, 2.24) is 0 Å². The topological polar surface area (TPSA) is 22.4 Å². The van der Waals surface area contributed by atoms with E-state index in [1.165, 1.54) is 12.8 Å². The van der Waals surface area contributed by atoms with Crippen molar-refractivity contribution < 1.29 is 9.15 Å². The molecule has 0 unspecified atom stereocenters. The van der Waals surface area contributed by atoms with Crippen molar-refractivity contribution in [3.8, 4) is 0 Å². The third-order valence-corrected chi connectivity index (χ3v) is 2.26. The van der Waals surface area contributed by atoms with Crippen LogP contribution in [0.1, 0.15) is 36.9 Å². The molecule has 0 aliphatic carbocycles. The lowest BCUT2D eigenvalue weighted by Gasteiger charge is -2.20. The Balaban J connectivity index is 2.08. The van der Waals surface area contributed by atoms with E-state index in [1.807, 2.05) is 19.1 Å². The Morgan fingerprint density at radius 1 is 1.33 bits per heavy atom. The first-order valence-corrected chi connectivity index (χ1v) is 4.54. The Morgan fingerprint density at radius 2 is 2.25 bits per heavy atom. The van der Waals surface area contributed by atoms with Gasteiger partial charge in [-0.3, -0.25) is 0 Å². The van der Waals surface area contributed by atoms with Crippen LogP contribution >= 0.6 is 0 Å². The molecule has 1 aliphatic rings. The van der Waals surface area contributed by atoms with E-state index in [4.69, 9.17) is 9.15 Å². The van der Waals surface area contributed by atoms with E-state index in [2.05, 4.69) is 0 Å². The van der Waals surface area contributed by atoms with E-state index < -0.39 is 0 Å². The van der Waals surface area contributed by atoms with Crippen molar-refractivity contribution in [2.75, 3.05) is 6.61 Å². The molecule has 0 amide bonds. The molecule has 1 saturated heterocycles. The minimum Gasteiger partial charge on any atom is -0.464 e. The lowest BCUT2D eigenvalue weighted by molar-refractivity contribution is 0.00145. The van der Waals surface area contributed by atoms with Gasteiger partial charge in [0.25, 0.3) is 0 Å². The van der Waals surface area contributed by atoms with Gasteiger partial charge in [-0.1, -0.05) is 0 Å². The van der Waals surface area contributed by atoms with Crippen molar-refractivity contribution in [2.45, 2.75) is 32.3 Å². The number of hydrogen-bond acceptors (Lipinski definition) is 2. The summed E-state index contributed by atoms with van der Waals surface area (Å²) in [5.74, 6) is 1.96. The molecule has 0 aromatic carbocycles. The second kappa shape index (κ2) is 3.31. The summed E-state index contributed by atoms with van der Waals surface area (Å²) >= 11 is 0. The number of hydrogen-bond donors (Lipinski definition) is 0. The summed E-state index contributed by atoms with van der Waals surface area (Å²) in [5, 5.41) is 0. The molecule has 0 spiro atoms. The summed E-state index contributed by atoms with van der Waals surface area (Å²) in [6.45, 7) is 2.84. The van der Waals surface area contributed by atoms with E-state index >= 15 is 0 Å². The van der Waals surface area contributed by atoms with Crippen molar-refractivity contribution in [3.05, 3.63) is 23.7 Å². The van der Waals surface area contributed by atoms with Crippen LogP contribution in [0.2, 0.25) is 0 Å². The van der Waals surface area contributed by atoms with Gasteiger partial charge in [-0.25, -0.2) is 0 Å². The zero-order chi connectivity index (χ0) is 8.39. The molecule has 2 heteroatoms. The zero-order valence-electron chi connectivity index (χ0n) is 7.38. The van der Waals surface area contributed by atoms with E-state index in [1.54, 1.807) is 0 Å². The van der Waals surface area contributed by atoms with Gasteiger partial charge in [-0.15, -0.1) is 0 Å². The van der Waals surface area contributed by atoms with Gasteiger partial charge in [0, 0.05) is 6.61 Å². The summed E-state index contributed by atoms with van der Waals surface area (Å²) in [5.41, 5.74) is 0. The zero-order valence-corrected chi connectivity index (χ0v) is 7.38. The molecule has 1 aliphatic heterocycles. The van der Waals surface area contributed by atoms with Gasteiger partial charge in [-0.05, 0) is 38.3 Å². The first kappa shape index (κ1) is 7.87. The van der Waals surface area contributed by atoms with Crippen LogP contribution in [0.25, 0.3) is 0 Å². The van der Waals surface area contributed by atoms with Gasteiger partial charge >= 0.3 is 0 Å². The van der Waals surface area contributed by atoms with E-state index in [9.17, 15) is 0 Å². The predicted octanol–water partition coefficient (Wildman–Crippen LogP) is 2.83. The highest BCUT2D eigenvalue weighted by molar-refractivity contribution is 5.08. The van der Waals surface area contributed by atoms with Crippen LogP contribution in [0.4, 0.5) is 0 Å². The molecule has 2 nitrogen and oxygen atoms in total. The molecule has 0 bridgehead atoms. The van der Waals surface area contributed by atoms with Crippen LogP contribution in [0, 0.1) is 6.92 Å². The predicted molar refractivity (Wildman–Crippen MR) is 46.0 cm³/mol. The van der Waals surface area contributed by atoms with Crippen LogP contribution < -0.4 is 0 Å². The van der Waals surface area contributed by atoms with Gasteiger partial charge in [-0.2, -0.15) is 0 Å². The third kappa shape index (κ3) is 1.53. The molecule has 1 aromatic heterocycles. The normalized spacial score (nSPS) is 24.2. The minimum absolute atomic E-state index is 0.215. The second-order valence-electron chi connectivity index (χ2n) is 3.30. The van der Waals surface area contributed by atoms with Gasteiger partial charge in [0.2, 0.25) is 0 Å². The van der Waals surface area contributed by atoms with E-state index in [-0.39, 0.29) is 6.10 Å². The van der Waals surface area contributed by atoms with E-state index in [0.717, 1.165) is 24.5 Å². The van der Waals surface area contributed by atoms with Gasteiger partial charge in [0.05, 0.1) is 0 Å². The maximum Gasteiger partial charge on any atom is 0.132 e. The number of aryl methyl sites for hydroxylation is 1. The molecule has 0 radical (unpaired) electrons. The van der Waals surface area contributed by atoms with Crippen LogP contribution in [0.15, 0.2) is 16.5 Å². The molecule has 0 N–H and O–H groups in total. The monoisotopic (exact) mass is 166 g/mol. The van der Waals surface area contributed by atoms with Gasteiger partial charge in [0.1, 0.15) is 17.6 Å². The molecule has 0 saturated carbocycles. The number of furan rings is 1. The Labute approximate surface area is 72.5 Å². The first-order chi connectivity index (χ1) is 5.86. The van der Waals surface area contributed by atoms with Crippen LogP contribution in [-0.4, -0.2) is 6.61 Å². The van der Waals surface area contributed by atoms with Crippen molar-refractivity contribution in [3.63, 3.8) is 0 Å². The highest BCUT2D eigenvalue weighted by Crippen LogP contribution is 2.28. The average molecular weight is 166 g/mol. The fourth-order valence-corrected chi connectivity index (χ4v) is 1.59. The van der Waals surface area contributed by atoms with Crippen LogP contribution in [0.5, 0.6) is 0 Å². The Hall–Kier alpha value is -0.760. The van der Waals surface area contributed by atoms with Crippen LogP contribution in [0.3, 0.4) is 0 Å². The molecular weight excluding hydrogens is 152 g/mol. The maximum atomic E-state index is 5.58. The third-order valence-electron chi connectivity index (χ3n) is 2.26. The van der Waals surface area contributed by atoms with E-state index in [0.29, 0.717) is 0 Å². The minimum atomic E-state index is 0.215. The highest BCUT2D eigenvalue weighted by Gasteiger charge is 2.18. The molecule has 2 rings (SSSR count). The molecular formula is C10H14O2. The summed E-state index contributed by atoms with van der Waals surface area (Å²) in [7, 11) is 0. The molecule has 66 valence electrons. The van der Waals surface area contributed by atoms with Gasteiger partial charge in [0.15, 0.2) is 0 Å². The largest absolute Gasteiger partial charge is 0.464 e. The summed E-state index contributed by atoms with van der Waals surface area (Å²) in [6.07, 6.45) is 3.76. The molecule has 1 aromatic rings. The molecule has 12 heavy (non-hydrogen) atoms. The number of rotatable bonds is 1. The fourth-order valence-electron chi connectivity index (χ4n) is 1.59. The standard InChI is InChI=1S/C10H14O2/c1-8-5-6-10(12-8)9-4-2-3-7-11-9/h5-6,9H,2-4,7H2,1H3/t9-/m0/s1. The Kier molecular flexibility index (Phi) is 2.17.